The molecule has 6 nitrogen and oxygen atoms in total. The number of aliphatic hydroxyl groups excluding tert-OH is 1. The molecule has 2 amide bonds. The van der Waals surface area contributed by atoms with Gasteiger partial charge in [0.1, 0.15) is 0 Å². The molecule has 0 aromatic rings. The van der Waals surface area contributed by atoms with E-state index in [1.54, 1.807) is 4.90 Å². The Morgan fingerprint density at radius 1 is 1.39 bits per heavy atom. The summed E-state index contributed by atoms with van der Waals surface area (Å²) >= 11 is 0. The van der Waals surface area contributed by atoms with Gasteiger partial charge in [-0.05, 0) is 19.3 Å². The minimum absolute atomic E-state index is 0.0387. The molecule has 106 valence electrons. The molecule has 0 radical (unpaired) electrons. The molecule has 0 aliphatic heterocycles. The van der Waals surface area contributed by atoms with Gasteiger partial charge < -0.3 is 21.1 Å². The van der Waals surface area contributed by atoms with Gasteiger partial charge in [-0.15, -0.1) is 0 Å². The van der Waals surface area contributed by atoms with Crippen LogP contribution in [0.2, 0.25) is 0 Å². The Labute approximate surface area is 109 Å². The van der Waals surface area contributed by atoms with Crippen LogP contribution < -0.4 is 11.1 Å². The first-order valence-corrected chi connectivity index (χ1v) is 6.35. The maximum Gasteiger partial charge on any atom is 0.241 e. The van der Waals surface area contributed by atoms with E-state index < -0.39 is 6.04 Å². The molecule has 0 saturated carbocycles. The van der Waals surface area contributed by atoms with Gasteiger partial charge in [-0.2, -0.15) is 0 Å². The Morgan fingerprint density at radius 3 is 2.44 bits per heavy atom. The molecule has 0 unspecified atom stereocenters. The van der Waals surface area contributed by atoms with Crippen LogP contribution in [-0.4, -0.2) is 54.1 Å². The van der Waals surface area contributed by atoms with Crippen LogP contribution in [0.15, 0.2) is 0 Å². The van der Waals surface area contributed by atoms with E-state index in [4.69, 9.17) is 10.8 Å². The molecule has 0 saturated heterocycles. The number of rotatable bonds is 8. The van der Waals surface area contributed by atoms with Crippen molar-refractivity contribution in [3.8, 4) is 0 Å². The van der Waals surface area contributed by atoms with Crippen molar-refractivity contribution < 1.29 is 14.7 Å². The van der Waals surface area contributed by atoms with Gasteiger partial charge in [0.15, 0.2) is 0 Å². The standard InChI is InChI=1S/C12H25N3O3/c1-4-15(6-5-7-16)10(17)8-14-12(18)11(13)9(2)3/h9,11,16H,4-8,13H2,1-3H3,(H,14,18)/t11-/m0/s1. The molecule has 0 aliphatic carbocycles. The SMILES string of the molecule is CCN(CCCO)C(=O)CNC(=O)[C@@H](N)C(C)C. The quantitative estimate of drug-likeness (QED) is 0.538. The summed E-state index contributed by atoms with van der Waals surface area (Å²) in [7, 11) is 0. The second kappa shape index (κ2) is 8.88. The average molecular weight is 259 g/mol. The molecule has 0 rings (SSSR count). The van der Waals surface area contributed by atoms with Crippen molar-refractivity contribution >= 4 is 11.8 Å². The van der Waals surface area contributed by atoms with Crippen molar-refractivity contribution in [1.29, 1.82) is 0 Å². The highest BCUT2D eigenvalue weighted by atomic mass is 16.3. The number of hydrogen-bond acceptors (Lipinski definition) is 4. The molecule has 0 aromatic heterocycles. The van der Waals surface area contributed by atoms with Crippen molar-refractivity contribution in [2.24, 2.45) is 11.7 Å². The molecule has 4 N–H and O–H groups in total. The molecule has 0 bridgehead atoms. The summed E-state index contributed by atoms with van der Waals surface area (Å²) in [5.41, 5.74) is 5.67. The second-order valence-corrected chi connectivity index (χ2v) is 4.54. The summed E-state index contributed by atoms with van der Waals surface area (Å²) in [6.07, 6.45) is 0.541. The van der Waals surface area contributed by atoms with E-state index >= 15 is 0 Å². The first-order chi connectivity index (χ1) is 8.43. The summed E-state index contributed by atoms with van der Waals surface area (Å²) in [6.45, 7) is 6.63. The summed E-state index contributed by atoms with van der Waals surface area (Å²) in [5.74, 6) is -0.427. The van der Waals surface area contributed by atoms with Gasteiger partial charge in [0, 0.05) is 19.7 Å². The van der Waals surface area contributed by atoms with Gasteiger partial charge in [-0.25, -0.2) is 0 Å². The summed E-state index contributed by atoms with van der Waals surface area (Å²) in [4.78, 5) is 24.9. The van der Waals surface area contributed by atoms with Crippen LogP contribution in [-0.2, 0) is 9.59 Å². The van der Waals surface area contributed by atoms with Crippen molar-refractivity contribution in [2.75, 3.05) is 26.2 Å². The van der Waals surface area contributed by atoms with Crippen molar-refractivity contribution in [1.82, 2.24) is 10.2 Å². The number of hydrogen-bond donors (Lipinski definition) is 3. The van der Waals surface area contributed by atoms with Crippen LogP contribution in [0, 0.1) is 5.92 Å². The molecule has 1 atom stereocenters. The maximum absolute atomic E-state index is 11.8. The molecular weight excluding hydrogens is 234 g/mol. The topological polar surface area (TPSA) is 95.7 Å². The van der Waals surface area contributed by atoms with E-state index in [1.165, 1.54) is 0 Å². The highest BCUT2D eigenvalue weighted by Gasteiger charge is 2.18. The predicted molar refractivity (Wildman–Crippen MR) is 69.8 cm³/mol. The van der Waals surface area contributed by atoms with Gasteiger partial charge >= 0.3 is 0 Å². The number of carbonyl (C=O) groups is 2. The van der Waals surface area contributed by atoms with Crippen LogP contribution in [0.3, 0.4) is 0 Å². The van der Waals surface area contributed by atoms with Crippen molar-refractivity contribution in [2.45, 2.75) is 33.2 Å². The lowest BCUT2D eigenvalue weighted by Crippen LogP contribution is -2.48. The second-order valence-electron chi connectivity index (χ2n) is 4.54. The van der Waals surface area contributed by atoms with Gasteiger partial charge in [-0.3, -0.25) is 9.59 Å². The summed E-state index contributed by atoms with van der Waals surface area (Å²) in [6, 6.07) is -0.592. The third-order valence-corrected chi connectivity index (χ3v) is 2.76. The largest absolute Gasteiger partial charge is 0.396 e. The van der Waals surface area contributed by atoms with E-state index in [2.05, 4.69) is 5.32 Å². The Kier molecular flexibility index (Phi) is 8.32. The number of nitrogens with zero attached hydrogens (tertiary/aromatic N) is 1. The Balaban J connectivity index is 4.11. The Hall–Kier alpha value is -1.14. The molecule has 18 heavy (non-hydrogen) atoms. The first-order valence-electron chi connectivity index (χ1n) is 6.35. The number of nitrogens with one attached hydrogen (secondary N) is 1. The lowest BCUT2D eigenvalue weighted by Gasteiger charge is -2.21. The fourth-order valence-electron chi connectivity index (χ4n) is 1.42. The average Bonchev–Trinajstić information content (AvgIpc) is 2.35. The minimum Gasteiger partial charge on any atom is -0.396 e. The third-order valence-electron chi connectivity index (χ3n) is 2.76. The van der Waals surface area contributed by atoms with Crippen molar-refractivity contribution in [3.63, 3.8) is 0 Å². The molecular formula is C12H25N3O3. The normalized spacial score (nSPS) is 12.3. The molecule has 0 heterocycles. The lowest BCUT2D eigenvalue weighted by atomic mass is 10.1. The van der Waals surface area contributed by atoms with Crippen LogP contribution in [0.1, 0.15) is 27.2 Å². The Bertz CT molecular complexity index is 269. The van der Waals surface area contributed by atoms with E-state index in [0.717, 1.165) is 0 Å². The fourth-order valence-corrected chi connectivity index (χ4v) is 1.42. The maximum atomic E-state index is 11.8. The number of carbonyl (C=O) groups excluding carboxylic acids is 2. The van der Waals surface area contributed by atoms with Gasteiger partial charge in [0.2, 0.25) is 11.8 Å². The number of likely N-dealkylation sites (N-methyl/N-ethyl adjacent to an activating group) is 1. The monoisotopic (exact) mass is 259 g/mol. The molecule has 0 aromatic carbocycles. The van der Waals surface area contributed by atoms with Crippen molar-refractivity contribution in [3.05, 3.63) is 0 Å². The summed E-state index contributed by atoms with van der Waals surface area (Å²) in [5, 5.41) is 11.3. The summed E-state index contributed by atoms with van der Waals surface area (Å²) < 4.78 is 0. The van der Waals surface area contributed by atoms with Crippen LogP contribution in [0.5, 0.6) is 0 Å². The smallest absolute Gasteiger partial charge is 0.241 e. The van der Waals surface area contributed by atoms with E-state index in [-0.39, 0.29) is 30.9 Å². The van der Waals surface area contributed by atoms with Crippen LogP contribution >= 0.6 is 0 Å². The first kappa shape index (κ1) is 16.9. The van der Waals surface area contributed by atoms with Crippen LogP contribution in [0.25, 0.3) is 0 Å². The van der Waals surface area contributed by atoms with E-state index in [0.29, 0.717) is 19.5 Å². The van der Waals surface area contributed by atoms with Crippen LogP contribution in [0.4, 0.5) is 0 Å². The Morgan fingerprint density at radius 2 is 2.00 bits per heavy atom. The number of nitrogens with two attached hydrogens (primary N) is 1. The highest BCUT2D eigenvalue weighted by Crippen LogP contribution is 1.98. The zero-order valence-electron chi connectivity index (χ0n) is 11.5. The van der Waals surface area contributed by atoms with Gasteiger partial charge in [0.25, 0.3) is 0 Å². The molecule has 0 aliphatic rings. The third kappa shape index (κ3) is 5.97. The fraction of sp³-hybridized carbons (Fsp3) is 0.833. The number of aliphatic hydroxyl groups is 1. The van der Waals surface area contributed by atoms with E-state index in [1.807, 2.05) is 20.8 Å². The zero-order valence-corrected chi connectivity index (χ0v) is 11.5. The zero-order chi connectivity index (χ0) is 14.1. The molecule has 0 fully saturated rings. The predicted octanol–water partition coefficient (Wildman–Crippen LogP) is -0.683. The minimum atomic E-state index is -0.592. The van der Waals surface area contributed by atoms with E-state index in [9.17, 15) is 9.59 Å². The lowest BCUT2D eigenvalue weighted by molar-refractivity contribution is -0.133. The van der Waals surface area contributed by atoms with Gasteiger partial charge in [-0.1, -0.05) is 13.8 Å². The molecule has 6 heteroatoms. The molecule has 0 spiro atoms. The number of amides is 2. The highest BCUT2D eigenvalue weighted by molar-refractivity contribution is 5.87. The van der Waals surface area contributed by atoms with Gasteiger partial charge in [0.05, 0.1) is 12.6 Å².